The summed E-state index contributed by atoms with van der Waals surface area (Å²) in [7, 11) is -3.96. The van der Waals surface area contributed by atoms with Crippen molar-refractivity contribution in [2.75, 3.05) is 52.2 Å². The Morgan fingerprint density at radius 3 is 2.00 bits per heavy atom. The Morgan fingerprint density at radius 2 is 1.32 bits per heavy atom. The van der Waals surface area contributed by atoms with Crippen molar-refractivity contribution in [1.29, 1.82) is 0 Å². The number of aromatic nitrogens is 2. The van der Waals surface area contributed by atoms with Gasteiger partial charge in [-0.25, -0.2) is 18.4 Å². The highest BCUT2D eigenvalue weighted by atomic mass is 35.5. The van der Waals surface area contributed by atoms with Crippen molar-refractivity contribution in [1.82, 2.24) is 9.97 Å². The largest absolute Gasteiger partial charge is 0.396 e. The van der Waals surface area contributed by atoms with Crippen molar-refractivity contribution >= 4 is 61.9 Å². The third-order valence-electron chi connectivity index (χ3n) is 5.49. The Hall–Kier alpha value is -3.73. The Morgan fingerprint density at radius 1 is 0.737 bits per heavy atom. The number of rotatable bonds is 12. The Kier molecular flexibility index (Phi) is 9.11. The van der Waals surface area contributed by atoms with Crippen molar-refractivity contribution in [2.45, 2.75) is 4.90 Å². The lowest BCUT2D eigenvalue weighted by atomic mass is 10.3. The first kappa shape index (κ1) is 27.3. The minimum atomic E-state index is -3.96. The van der Waals surface area contributed by atoms with Gasteiger partial charge in [-0.3, -0.25) is 4.31 Å². The van der Waals surface area contributed by atoms with Gasteiger partial charge in [0.05, 0.1) is 22.8 Å². The van der Waals surface area contributed by atoms with E-state index in [2.05, 4.69) is 25.9 Å². The molecule has 0 aliphatic carbocycles. The number of anilines is 5. The van der Waals surface area contributed by atoms with Gasteiger partial charge >= 0.3 is 0 Å². The second kappa shape index (κ2) is 12.7. The molecule has 0 aliphatic heterocycles. The van der Waals surface area contributed by atoms with E-state index in [0.717, 1.165) is 5.69 Å². The number of hydrogen-bond acceptors (Lipinski definition) is 8. The normalized spacial score (nSPS) is 11.1. The van der Waals surface area contributed by atoms with E-state index in [-0.39, 0.29) is 18.0 Å². The molecule has 38 heavy (non-hydrogen) atoms. The molecule has 4 rings (SSSR count). The molecular formula is C26H27Cl2N7O2S. The van der Waals surface area contributed by atoms with Crippen LogP contribution in [0.25, 0.3) is 0 Å². The van der Waals surface area contributed by atoms with Crippen LogP contribution in [0.3, 0.4) is 0 Å². The summed E-state index contributed by atoms with van der Waals surface area (Å²) in [4.78, 5) is 8.75. The lowest BCUT2D eigenvalue weighted by molar-refractivity contribution is 0.591. The zero-order valence-corrected chi connectivity index (χ0v) is 22.6. The van der Waals surface area contributed by atoms with Gasteiger partial charge in [0.2, 0.25) is 0 Å². The maximum Gasteiger partial charge on any atom is 0.264 e. The van der Waals surface area contributed by atoms with Gasteiger partial charge in [-0.15, -0.1) is 0 Å². The van der Waals surface area contributed by atoms with Crippen LogP contribution in [0.1, 0.15) is 0 Å². The van der Waals surface area contributed by atoms with Crippen LogP contribution >= 0.6 is 23.2 Å². The first-order chi connectivity index (χ1) is 18.3. The molecule has 2 heterocycles. The predicted octanol–water partition coefficient (Wildman–Crippen LogP) is 5.20. The van der Waals surface area contributed by atoms with Crippen LogP contribution in [0, 0.1) is 0 Å². The Balaban J connectivity index is 1.54. The lowest BCUT2D eigenvalue weighted by Crippen LogP contribution is -2.36. The number of nitrogens with zero attached hydrogens (tertiary/aromatic N) is 3. The van der Waals surface area contributed by atoms with E-state index in [9.17, 15) is 8.42 Å². The SMILES string of the molecule is Nc1cccnc1NCCN(c1cccnc1NCCNc1ccc(Cl)cc1)S(=O)(=O)c1ccc(Cl)cc1. The van der Waals surface area contributed by atoms with Crippen molar-refractivity contribution in [3.63, 3.8) is 0 Å². The topological polar surface area (TPSA) is 125 Å². The fraction of sp³-hybridized carbons (Fsp3) is 0.154. The highest BCUT2D eigenvalue weighted by Crippen LogP contribution is 2.29. The number of nitrogens with two attached hydrogens (primary N) is 1. The average molecular weight is 573 g/mol. The number of nitrogen functional groups attached to an aromatic ring is 1. The molecule has 4 aromatic rings. The first-order valence-electron chi connectivity index (χ1n) is 11.8. The Labute approximate surface area is 232 Å². The van der Waals surface area contributed by atoms with E-state index in [1.807, 2.05) is 12.1 Å². The molecule has 5 N–H and O–H groups in total. The monoisotopic (exact) mass is 571 g/mol. The van der Waals surface area contributed by atoms with Crippen LogP contribution in [0.5, 0.6) is 0 Å². The van der Waals surface area contributed by atoms with Gasteiger partial charge < -0.3 is 21.7 Å². The summed E-state index contributed by atoms with van der Waals surface area (Å²) in [6.45, 7) is 1.40. The van der Waals surface area contributed by atoms with E-state index in [1.165, 1.54) is 16.4 Å². The molecule has 0 aliphatic rings. The zero-order valence-electron chi connectivity index (χ0n) is 20.3. The molecule has 0 unspecified atom stereocenters. The molecular weight excluding hydrogens is 545 g/mol. The summed E-state index contributed by atoms with van der Waals surface area (Å²) >= 11 is 11.9. The molecule has 9 nitrogen and oxygen atoms in total. The highest BCUT2D eigenvalue weighted by molar-refractivity contribution is 7.92. The van der Waals surface area contributed by atoms with Crippen molar-refractivity contribution in [3.05, 3.63) is 95.2 Å². The van der Waals surface area contributed by atoms with Crippen LogP contribution in [-0.4, -0.2) is 44.6 Å². The van der Waals surface area contributed by atoms with E-state index >= 15 is 0 Å². The number of benzene rings is 2. The van der Waals surface area contributed by atoms with Gasteiger partial charge in [-0.05, 0) is 72.8 Å². The van der Waals surface area contributed by atoms with Crippen molar-refractivity contribution < 1.29 is 8.42 Å². The minimum Gasteiger partial charge on any atom is -0.396 e. The minimum absolute atomic E-state index is 0.0877. The summed E-state index contributed by atoms with van der Waals surface area (Å²) in [5.74, 6) is 0.912. The summed E-state index contributed by atoms with van der Waals surface area (Å²) in [5, 5.41) is 10.8. The van der Waals surface area contributed by atoms with Crippen LogP contribution < -0.4 is 26.0 Å². The molecule has 0 fully saturated rings. The molecule has 0 bridgehead atoms. The number of pyridine rings is 2. The lowest BCUT2D eigenvalue weighted by Gasteiger charge is -2.26. The quantitative estimate of drug-likeness (QED) is 0.171. The van der Waals surface area contributed by atoms with Crippen LogP contribution in [0.2, 0.25) is 10.0 Å². The van der Waals surface area contributed by atoms with Gasteiger partial charge in [-0.1, -0.05) is 23.2 Å². The maximum atomic E-state index is 13.8. The second-order valence-electron chi connectivity index (χ2n) is 8.13. The maximum absolute atomic E-state index is 13.8. The van der Waals surface area contributed by atoms with Gasteiger partial charge in [0.1, 0.15) is 5.82 Å². The molecule has 12 heteroatoms. The summed E-state index contributed by atoms with van der Waals surface area (Å²) in [6, 6.07) is 20.3. The van der Waals surface area contributed by atoms with E-state index in [1.54, 1.807) is 60.9 Å². The van der Waals surface area contributed by atoms with Crippen LogP contribution in [-0.2, 0) is 10.0 Å². The fourth-order valence-corrected chi connectivity index (χ4v) is 5.36. The molecule has 0 saturated carbocycles. The van der Waals surface area contributed by atoms with Crippen LogP contribution in [0.4, 0.5) is 28.7 Å². The van der Waals surface area contributed by atoms with Crippen molar-refractivity contribution in [2.24, 2.45) is 0 Å². The molecule has 0 spiro atoms. The third-order valence-corrected chi connectivity index (χ3v) is 7.83. The van der Waals surface area contributed by atoms with Crippen LogP contribution in [0.15, 0.2) is 90.1 Å². The summed E-state index contributed by atoms with van der Waals surface area (Å²) in [6.07, 6.45) is 3.22. The molecule has 0 saturated heterocycles. The predicted molar refractivity (Wildman–Crippen MR) is 156 cm³/mol. The molecule has 2 aromatic carbocycles. The molecule has 2 aromatic heterocycles. The standard InChI is InChI=1S/C26H27Cl2N7O2S/c27-19-5-9-21(10-6-19)30-15-16-33-26-24(4-2-14-32-26)35(18-17-34-25-23(29)3-1-13-31-25)38(36,37)22-11-7-20(28)8-12-22/h1-14,30H,15-18,29H2,(H,31,34)(H,32,33). The third kappa shape index (κ3) is 6.97. The smallest absolute Gasteiger partial charge is 0.264 e. The number of halogens is 2. The summed E-state index contributed by atoms with van der Waals surface area (Å²) < 4.78 is 28.9. The fourth-order valence-electron chi connectivity index (χ4n) is 3.63. The average Bonchev–Trinajstić information content (AvgIpc) is 2.91. The van der Waals surface area contributed by atoms with Gasteiger partial charge in [-0.2, -0.15) is 0 Å². The zero-order chi connectivity index (χ0) is 27.0. The van der Waals surface area contributed by atoms with Gasteiger partial charge in [0, 0.05) is 47.8 Å². The number of nitrogens with one attached hydrogen (secondary N) is 3. The highest BCUT2D eigenvalue weighted by Gasteiger charge is 2.27. The first-order valence-corrected chi connectivity index (χ1v) is 14.0. The molecule has 0 atom stereocenters. The van der Waals surface area contributed by atoms with E-state index in [4.69, 9.17) is 28.9 Å². The molecule has 0 amide bonds. The molecule has 198 valence electrons. The number of sulfonamides is 1. The van der Waals surface area contributed by atoms with E-state index in [0.29, 0.717) is 46.1 Å². The van der Waals surface area contributed by atoms with Gasteiger partial charge in [0.15, 0.2) is 5.82 Å². The summed E-state index contributed by atoms with van der Waals surface area (Å²) in [5.41, 5.74) is 7.78. The molecule has 0 radical (unpaired) electrons. The van der Waals surface area contributed by atoms with Gasteiger partial charge in [0.25, 0.3) is 10.0 Å². The number of hydrogen-bond donors (Lipinski definition) is 4. The van der Waals surface area contributed by atoms with Crippen molar-refractivity contribution in [3.8, 4) is 0 Å². The van der Waals surface area contributed by atoms with E-state index < -0.39 is 10.0 Å². The second-order valence-corrected chi connectivity index (χ2v) is 10.9. The Bertz CT molecular complexity index is 1450.